The van der Waals surface area contributed by atoms with Crippen molar-refractivity contribution in [1.29, 1.82) is 0 Å². The van der Waals surface area contributed by atoms with Gasteiger partial charge in [-0.15, -0.1) is 0 Å². The Morgan fingerprint density at radius 2 is 2.05 bits per heavy atom. The van der Waals surface area contributed by atoms with E-state index in [1.807, 2.05) is 24.3 Å². The van der Waals surface area contributed by atoms with Gasteiger partial charge in [0.05, 0.1) is 0 Å². The molecule has 0 unspecified atom stereocenters. The Morgan fingerprint density at radius 1 is 1.33 bits per heavy atom. The van der Waals surface area contributed by atoms with Crippen LogP contribution in [0, 0.1) is 6.92 Å². The zero-order chi connectivity index (χ0) is 15.0. The molecular weight excluding hydrogens is 270 g/mol. The zero-order valence-electron chi connectivity index (χ0n) is 11.5. The van der Waals surface area contributed by atoms with E-state index in [0.717, 1.165) is 16.8 Å². The smallest absolute Gasteiger partial charge is 0.326 e. The van der Waals surface area contributed by atoms with E-state index in [9.17, 15) is 14.7 Å². The number of carbonyl (C=O) groups is 2. The average molecular weight is 285 g/mol. The van der Waals surface area contributed by atoms with E-state index in [1.54, 1.807) is 13.1 Å². The molecule has 0 saturated carbocycles. The van der Waals surface area contributed by atoms with E-state index in [-0.39, 0.29) is 18.3 Å². The second kappa shape index (κ2) is 5.05. The summed E-state index contributed by atoms with van der Waals surface area (Å²) >= 11 is 0. The van der Waals surface area contributed by atoms with Gasteiger partial charge < -0.3 is 15.0 Å². The number of H-pyrrole nitrogens is 1. The second-order valence-electron chi connectivity index (χ2n) is 5.17. The molecular formula is C15H15N3O3. The second-order valence-corrected chi connectivity index (χ2v) is 5.17. The number of rotatable bonds is 2. The molecule has 2 heterocycles. The predicted octanol–water partition coefficient (Wildman–Crippen LogP) is 1.37. The molecule has 0 fully saturated rings. The number of imidazole rings is 1. The fourth-order valence-corrected chi connectivity index (χ4v) is 2.61. The van der Waals surface area contributed by atoms with Gasteiger partial charge in [-0.3, -0.25) is 4.79 Å². The Balaban J connectivity index is 1.96. The lowest BCUT2D eigenvalue weighted by Crippen LogP contribution is -2.48. The van der Waals surface area contributed by atoms with E-state index in [4.69, 9.17) is 0 Å². The highest BCUT2D eigenvalue weighted by atomic mass is 16.4. The molecule has 2 N–H and O–H groups in total. The Hall–Kier alpha value is -2.63. The standard InChI is InChI=1S/C15H15N3O3/c1-9-7-16-13(17-9)14(19)18-8-11-5-3-2-4-10(11)6-12(18)15(20)21/h2-5,7,12H,6,8H2,1H3,(H,16,17)(H,20,21)/t12-/m0/s1. The van der Waals surface area contributed by atoms with E-state index < -0.39 is 12.0 Å². The van der Waals surface area contributed by atoms with Crippen LogP contribution in [-0.2, 0) is 17.8 Å². The number of aryl methyl sites for hydroxylation is 1. The number of aromatic amines is 1. The van der Waals surface area contributed by atoms with Crippen molar-refractivity contribution < 1.29 is 14.7 Å². The van der Waals surface area contributed by atoms with Crippen LogP contribution in [0.15, 0.2) is 30.5 Å². The molecule has 1 aliphatic rings. The number of nitrogens with one attached hydrogen (secondary N) is 1. The van der Waals surface area contributed by atoms with Crippen molar-refractivity contribution in [2.24, 2.45) is 0 Å². The normalized spacial score (nSPS) is 17.4. The maximum absolute atomic E-state index is 12.5. The highest BCUT2D eigenvalue weighted by molar-refractivity contribution is 5.94. The van der Waals surface area contributed by atoms with Gasteiger partial charge in [-0.1, -0.05) is 24.3 Å². The Bertz CT molecular complexity index is 708. The third-order valence-corrected chi connectivity index (χ3v) is 3.70. The van der Waals surface area contributed by atoms with Crippen molar-refractivity contribution in [2.75, 3.05) is 0 Å². The first-order valence-corrected chi connectivity index (χ1v) is 6.68. The fourth-order valence-electron chi connectivity index (χ4n) is 2.61. The maximum Gasteiger partial charge on any atom is 0.326 e. The SMILES string of the molecule is Cc1cnc(C(=O)N2Cc3ccccc3C[C@H]2C(=O)O)[nH]1. The average Bonchev–Trinajstić information content (AvgIpc) is 2.91. The molecule has 1 atom stereocenters. The molecule has 0 aliphatic carbocycles. The number of nitrogens with zero attached hydrogens (tertiary/aromatic N) is 2. The number of amides is 1. The molecule has 1 aromatic carbocycles. The number of benzene rings is 1. The minimum atomic E-state index is -0.999. The number of carbonyl (C=O) groups excluding carboxylic acids is 1. The Morgan fingerprint density at radius 3 is 2.67 bits per heavy atom. The van der Waals surface area contributed by atoms with Crippen molar-refractivity contribution in [3.63, 3.8) is 0 Å². The van der Waals surface area contributed by atoms with Crippen molar-refractivity contribution in [2.45, 2.75) is 25.9 Å². The number of carboxylic acids is 1. The molecule has 108 valence electrons. The molecule has 6 nitrogen and oxygen atoms in total. The number of fused-ring (bicyclic) bond motifs is 1. The first-order valence-electron chi connectivity index (χ1n) is 6.68. The first-order chi connectivity index (χ1) is 10.1. The Labute approximate surface area is 121 Å². The van der Waals surface area contributed by atoms with Crippen LogP contribution >= 0.6 is 0 Å². The number of aliphatic carboxylic acids is 1. The summed E-state index contributed by atoms with van der Waals surface area (Å²) in [5.74, 6) is -1.20. The predicted molar refractivity (Wildman–Crippen MR) is 74.8 cm³/mol. The summed E-state index contributed by atoms with van der Waals surface area (Å²) in [5.41, 5.74) is 2.72. The van der Waals surface area contributed by atoms with Gasteiger partial charge in [-0.25, -0.2) is 9.78 Å². The summed E-state index contributed by atoms with van der Waals surface area (Å²) in [7, 11) is 0. The van der Waals surface area contributed by atoms with Crippen molar-refractivity contribution in [1.82, 2.24) is 14.9 Å². The van der Waals surface area contributed by atoms with Crippen LogP contribution in [0.4, 0.5) is 0 Å². The van der Waals surface area contributed by atoms with Crippen molar-refractivity contribution >= 4 is 11.9 Å². The van der Waals surface area contributed by atoms with Gasteiger partial charge >= 0.3 is 5.97 Å². The summed E-state index contributed by atoms with van der Waals surface area (Å²) in [6.07, 6.45) is 1.87. The molecule has 1 amide bonds. The van der Waals surface area contributed by atoms with Crippen molar-refractivity contribution in [3.8, 4) is 0 Å². The van der Waals surface area contributed by atoms with Crippen LogP contribution < -0.4 is 0 Å². The number of carboxylic acid groups (broad SMARTS) is 1. The summed E-state index contributed by atoms with van der Waals surface area (Å²) in [6, 6.07) is 6.73. The number of hydrogen-bond acceptors (Lipinski definition) is 3. The van der Waals surface area contributed by atoms with Crippen LogP contribution in [0.5, 0.6) is 0 Å². The third-order valence-electron chi connectivity index (χ3n) is 3.70. The lowest BCUT2D eigenvalue weighted by molar-refractivity contribution is -0.142. The molecule has 0 radical (unpaired) electrons. The highest BCUT2D eigenvalue weighted by Gasteiger charge is 2.35. The molecule has 21 heavy (non-hydrogen) atoms. The molecule has 0 saturated heterocycles. The summed E-state index contributed by atoms with van der Waals surface area (Å²) in [5, 5.41) is 9.41. The van der Waals surface area contributed by atoms with Crippen LogP contribution in [0.1, 0.15) is 27.4 Å². The van der Waals surface area contributed by atoms with Crippen LogP contribution in [0.2, 0.25) is 0 Å². The molecule has 0 spiro atoms. The van der Waals surface area contributed by atoms with Gasteiger partial charge in [0.1, 0.15) is 6.04 Å². The van der Waals surface area contributed by atoms with Gasteiger partial charge in [0.15, 0.2) is 5.82 Å². The monoisotopic (exact) mass is 285 g/mol. The molecule has 1 aliphatic heterocycles. The van der Waals surface area contributed by atoms with Gasteiger partial charge in [-0.2, -0.15) is 0 Å². The summed E-state index contributed by atoms with van der Waals surface area (Å²) in [4.78, 5) is 32.2. The van der Waals surface area contributed by atoms with Crippen molar-refractivity contribution in [3.05, 3.63) is 53.1 Å². The lowest BCUT2D eigenvalue weighted by atomic mass is 9.94. The maximum atomic E-state index is 12.5. The fraction of sp³-hybridized carbons (Fsp3) is 0.267. The van der Waals surface area contributed by atoms with Gasteiger partial charge in [0.2, 0.25) is 0 Å². The topological polar surface area (TPSA) is 86.3 Å². The van der Waals surface area contributed by atoms with E-state index in [0.29, 0.717) is 6.42 Å². The van der Waals surface area contributed by atoms with Gasteiger partial charge in [-0.05, 0) is 18.1 Å². The van der Waals surface area contributed by atoms with Crippen LogP contribution in [0.25, 0.3) is 0 Å². The number of aromatic nitrogens is 2. The molecule has 2 aromatic rings. The van der Waals surface area contributed by atoms with Gasteiger partial charge in [0, 0.05) is 24.9 Å². The van der Waals surface area contributed by atoms with E-state index in [1.165, 1.54) is 4.90 Å². The molecule has 3 rings (SSSR count). The lowest BCUT2D eigenvalue weighted by Gasteiger charge is -2.33. The van der Waals surface area contributed by atoms with Crippen LogP contribution in [0.3, 0.4) is 0 Å². The largest absolute Gasteiger partial charge is 0.480 e. The first kappa shape index (κ1) is 13.4. The quantitative estimate of drug-likeness (QED) is 0.872. The third kappa shape index (κ3) is 2.40. The van der Waals surface area contributed by atoms with E-state index >= 15 is 0 Å². The summed E-state index contributed by atoms with van der Waals surface area (Å²) < 4.78 is 0. The van der Waals surface area contributed by atoms with E-state index in [2.05, 4.69) is 9.97 Å². The van der Waals surface area contributed by atoms with Crippen LogP contribution in [-0.4, -0.2) is 37.9 Å². The minimum Gasteiger partial charge on any atom is -0.480 e. The molecule has 0 bridgehead atoms. The zero-order valence-corrected chi connectivity index (χ0v) is 11.5. The number of hydrogen-bond donors (Lipinski definition) is 2. The minimum absolute atomic E-state index is 0.179. The Kier molecular flexibility index (Phi) is 3.21. The summed E-state index contributed by atoms with van der Waals surface area (Å²) in [6.45, 7) is 2.08. The molecule has 1 aromatic heterocycles. The highest BCUT2D eigenvalue weighted by Crippen LogP contribution is 2.24. The van der Waals surface area contributed by atoms with Gasteiger partial charge in [0.25, 0.3) is 5.91 Å². The molecule has 6 heteroatoms.